The predicted molar refractivity (Wildman–Crippen MR) is 128 cm³/mol. The second kappa shape index (κ2) is 11.6. The van der Waals surface area contributed by atoms with E-state index in [-0.39, 0.29) is 5.91 Å². The van der Waals surface area contributed by atoms with Gasteiger partial charge in [0.05, 0.1) is 17.0 Å². The zero-order valence-corrected chi connectivity index (χ0v) is 18.7. The van der Waals surface area contributed by atoms with E-state index in [2.05, 4.69) is 27.2 Å². The van der Waals surface area contributed by atoms with Gasteiger partial charge in [-0.15, -0.1) is 0 Å². The van der Waals surface area contributed by atoms with Crippen LogP contribution in [0.5, 0.6) is 0 Å². The zero-order valence-electron chi connectivity index (χ0n) is 18.7. The van der Waals surface area contributed by atoms with Crippen molar-refractivity contribution in [1.82, 2.24) is 19.9 Å². The Kier molecular flexibility index (Phi) is 8.31. The highest BCUT2D eigenvalue weighted by Crippen LogP contribution is 2.25. The molecule has 1 fully saturated rings. The van der Waals surface area contributed by atoms with E-state index in [1.807, 2.05) is 65.8 Å². The standard InChI is InChI=1S/C18H19N3O.C7H11N3/c19-17(14-8-2-1-3-9-14)16(15-10-4-5-11-20-15)18(22)21-12-6-7-13-21;1-3-6-4-9-7(8-2)10-5-6/h1-5,8-11H,6-7,12-13,19H2;4-5H,3H2,1-2H3,(H,8,9,10)/b17-16+;. The van der Waals surface area contributed by atoms with Crippen LogP contribution in [0.15, 0.2) is 67.1 Å². The van der Waals surface area contributed by atoms with Gasteiger partial charge in [-0.2, -0.15) is 0 Å². The fourth-order valence-electron chi connectivity index (χ4n) is 3.38. The molecule has 2 aromatic heterocycles. The molecule has 0 bridgehead atoms. The fourth-order valence-corrected chi connectivity index (χ4v) is 3.38. The molecule has 3 heterocycles. The molecule has 32 heavy (non-hydrogen) atoms. The maximum absolute atomic E-state index is 12.9. The summed E-state index contributed by atoms with van der Waals surface area (Å²) < 4.78 is 0. The summed E-state index contributed by atoms with van der Waals surface area (Å²) in [5.41, 5.74) is 9.94. The van der Waals surface area contributed by atoms with E-state index in [0.717, 1.165) is 37.9 Å². The number of carbonyl (C=O) groups is 1. The average Bonchev–Trinajstić information content (AvgIpc) is 3.41. The van der Waals surface area contributed by atoms with Crippen LogP contribution in [0.3, 0.4) is 0 Å². The van der Waals surface area contributed by atoms with Crippen molar-refractivity contribution in [3.05, 3.63) is 83.9 Å². The van der Waals surface area contributed by atoms with Gasteiger partial charge in [-0.25, -0.2) is 9.97 Å². The number of nitrogens with one attached hydrogen (secondary N) is 1. The van der Waals surface area contributed by atoms with Gasteiger partial charge < -0.3 is 16.0 Å². The molecule has 7 nitrogen and oxygen atoms in total. The highest BCUT2D eigenvalue weighted by atomic mass is 16.2. The van der Waals surface area contributed by atoms with Crippen LogP contribution < -0.4 is 11.1 Å². The topological polar surface area (TPSA) is 97.0 Å². The first-order valence-corrected chi connectivity index (χ1v) is 10.9. The molecular formula is C25H30N6O. The lowest BCUT2D eigenvalue weighted by atomic mass is 10.0. The Labute approximate surface area is 189 Å². The molecule has 0 spiro atoms. The van der Waals surface area contributed by atoms with E-state index in [1.54, 1.807) is 13.2 Å². The maximum Gasteiger partial charge on any atom is 0.258 e. The lowest BCUT2D eigenvalue weighted by molar-refractivity contribution is -0.123. The van der Waals surface area contributed by atoms with Gasteiger partial charge in [-0.05, 0) is 42.5 Å². The number of pyridine rings is 1. The monoisotopic (exact) mass is 430 g/mol. The number of amides is 1. The van der Waals surface area contributed by atoms with Crippen LogP contribution in [0.4, 0.5) is 5.95 Å². The van der Waals surface area contributed by atoms with Crippen molar-refractivity contribution < 1.29 is 4.79 Å². The van der Waals surface area contributed by atoms with Gasteiger partial charge in [0.25, 0.3) is 5.91 Å². The maximum atomic E-state index is 12.9. The number of rotatable bonds is 5. The van der Waals surface area contributed by atoms with Crippen LogP contribution >= 0.6 is 0 Å². The summed E-state index contributed by atoms with van der Waals surface area (Å²) >= 11 is 0. The van der Waals surface area contributed by atoms with Crippen molar-refractivity contribution in [2.45, 2.75) is 26.2 Å². The number of carbonyl (C=O) groups excluding carboxylic acids is 1. The SMILES string of the molecule is CCc1cnc(NC)nc1.N/C(=C(/C(=O)N1CCCC1)c1ccccn1)c1ccccc1. The van der Waals surface area contributed by atoms with Gasteiger partial charge in [-0.1, -0.05) is 43.3 Å². The molecule has 0 unspecified atom stereocenters. The highest BCUT2D eigenvalue weighted by Gasteiger charge is 2.25. The quantitative estimate of drug-likeness (QED) is 0.600. The largest absolute Gasteiger partial charge is 0.398 e. The summed E-state index contributed by atoms with van der Waals surface area (Å²) in [6.07, 6.45) is 8.44. The first kappa shape index (κ1) is 22.9. The molecule has 0 saturated carbocycles. The molecule has 0 atom stereocenters. The second-order valence-electron chi connectivity index (χ2n) is 7.39. The molecular weight excluding hydrogens is 400 g/mol. The summed E-state index contributed by atoms with van der Waals surface area (Å²) in [6, 6.07) is 15.1. The van der Waals surface area contributed by atoms with E-state index < -0.39 is 0 Å². The number of nitrogens with two attached hydrogens (primary N) is 1. The minimum atomic E-state index is -0.0300. The van der Waals surface area contributed by atoms with Crippen LogP contribution in [0, 0.1) is 0 Å². The minimum Gasteiger partial charge on any atom is -0.398 e. The molecule has 1 aromatic carbocycles. The van der Waals surface area contributed by atoms with Crippen molar-refractivity contribution in [1.29, 1.82) is 0 Å². The molecule has 0 aliphatic carbocycles. The Morgan fingerprint density at radius 1 is 1.00 bits per heavy atom. The number of anilines is 1. The summed E-state index contributed by atoms with van der Waals surface area (Å²) in [5, 5.41) is 2.86. The molecule has 1 aliphatic heterocycles. The molecule has 3 N–H and O–H groups in total. The van der Waals surface area contributed by atoms with Crippen molar-refractivity contribution >= 4 is 23.1 Å². The Hall–Kier alpha value is -3.74. The number of hydrogen-bond acceptors (Lipinski definition) is 6. The van der Waals surface area contributed by atoms with Crippen molar-refractivity contribution in [2.75, 3.05) is 25.5 Å². The third kappa shape index (κ3) is 5.91. The first-order valence-electron chi connectivity index (χ1n) is 10.9. The van der Waals surface area contributed by atoms with E-state index in [4.69, 9.17) is 5.73 Å². The molecule has 1 saturated heterocycles. The fraction of sp³-hybridized carbons (Fsp3) is 0.280. The van der Waals surface area contributed by atoms with Gasteiger partial charge in [0, 0.05) is 38.7 Å². The molecule has 7 heteroatoms. The van der Waals surface area contributed by atoms with Crippen LogP contribution in [-0.2, 0) is 11.2 Å². The lowest BCUT2D eigenvalue weighted by Gasteiger charge is -2.19. The zero-order chi connectivity index (χ0) is 22.8. The van der Waals surface area contributed by atoms with Crippen molar-refractivity contribution in [3.8, 4) is 0 Å². The molecule has 1 amide bonds. The van der Waals surface area contributed by atoms with Crippen molar-refractivity contribution in [2.24, 2.45) is 5.73 Å². The van der Waals surface area contributed by atoms with E-state index in [0.29, 0.717) is 22.9 Å². The van der Waals surface area contributed by atoms with Gasteiger partial charge in [-0.3, -0.25) is 9.78 Å². The summed E-state index contributed by atoms with van der Waals surface area (Å²) in [4.78, 5) is 27.2. The lowest BCUT2D eigenvalue weighted by Crippen LogP contribution is -2.30. The van der Waals surface area contributed by atoms with Crippen LogP contribution in [-0.4, -0.2) is 45.9 Å². The van der Waals surface area contributed by atoms with Crippen LogP contribution in [0.25, 0.3) is 11.3 Å². The van der Waals surface area contributed by atoms with Crippen LogP contribution in [0.1, 0.15) is 36.6 Å². The molecule has 0 radical (unpaired) electrons. The van der Waals surface area contributed by atoms with E-state index >= 15 is 0 Å². The van der Waals surface area contributed by atoms with E-state index in [1.165, 1.54) is 5.56 Å². The molecule has 166 valence electrons. The third-order valence-electron chi connectivity index (χ3n) is 5.22. The normalized spacial score (nSPS) is 13.6. The number of aromatic nitrogens is 3. The molecule has 3 aromatic rings. The number of benzene rings is 1. The number of hydrogen-bond donors (Lipinski definition) is 2. The summed E-state index contributed by atoms with van der Waals surface area (Å²) in [5.74, 6) is 0.648. The highest BCUT2D eigenvalue weighted by molar-refractivity contribution is 6.26. The smallest absolute Gasteiger partial charge is 0.258 e. The molecule has 4 rings (SSSR count). The number of likely N-dealkylation sites (tertiary alicyclic amines) is 1. The van der Waals surface area contributed by atoms with Crippen molar-refractivity contribution in [3.63, 3.8) is 0 Å². The summed E-state index contributed by atoms with van der Waals surface area (Å²) in [6.45, 7) is 3.66. The molecule has 1 aliphatic rings. The van der Waals surface area contributed by atoms with Gasteiger partial charge >= 0.3 is 0 Å². The van der Waals surface area contributed by atoms with Gasteiger partial charge in [0.1, 0.15) is 0 Å². The van der Waals surface area contributed by atoms with E-state index in [9.17, 15) is 4.79 Å². The third-order valence-corrected chi connectivity index (χ3v) is 5.22. The van der Waals surface area contributed by atoms with Gasteiger partial charge in [0.2, 0.25) is 5.95 Å². The predicted octanol–water partition coefficient (Wildman–Crippen LogP) is 3.61. The Bertz CT molecular complexity index is 990. The summed E-state index contributed by atoms with van der Waals surface area (Å²) in [7, 11) is 1.81. The minimum absolute atomic E-state index is 0.0300. The first-order chi connectivity index (χ1) is 15.6. The Balaban J connectivity index is 0.000000243. The Morgan fingerprint density at radius 3 is 2.22 bits per heavy atom. The number of aryl methyl sites for hydroxylation is 1. The number of nitrogens with zero attached hydrogens (tertiary/aromatic N) is 4. The average molecular weight is 431 g/mol. The van der Waals surface area contributed by atoms with Crippen LogP contribution in [0.2, 0.25) is 0 Å². The van der Waals surface area contributed by atoms with Gasteiger partial charge in [0.15, 0.2) is 0 Å². The Morgan fingerprint density at radius 2 is 1.66 bits per heavy atom. The second-order valence-corrected chi connectivity index (χ2v) is 7.39.